The molecule has 2 unspecified atom stereocenters. The Morgan fingerprint density at radius 3 is 2.58 bits per heavy atom. The Morgan fingerprint density at radius 1 is 1.25 bits per heavy atom. The van der Waals surface area contributed by atoms with Gasteiger partial charge in [0.05, 0.1) is 10.5 Å². The summed E-state index contributed by atoms with van der Waals surface area (Å²) in [6, 6.07) is 0.542. The maximum atomic E-state index is 12.2. The first-order valence-electron chi connectivity index (χ1n) is 9.62. The van der Waals surface area contributed by atoms with Crippen LogP contribution in [0.2, 0.25) is 0 Å². The molecule has 0 radical (unpaired) electrons. The van der Waals surface area contributed by atoms with Crippen LogP contribution in [0.3, 0.4) is 0 Å². The van der Waals surface area contributed by atoms with Crippen molar-refractivity contribution in [1.82, 2.24) is 10.2 Å². The lowest BCUT2D eigenvalue weighted by atomic mass is 9.85. The lowest BCUT2D eigenvalue weighted by molar-refractivity contribution is 0.312. The summed E-state index contributed by atoms with van der Waals surface area (Å²) >= 11 is 0. The molecule has 6 heteroatoms. The lowest BCUT2D eigenvalue weighted by Crippen LogP contribution is -2.57. The van der Waals surface area contributed by atoms with Crippen molar-refractivity contribution in [1.29, 1.82) is 0 Å². The minimum absolute atomic E-state index is 0.223. The van der Waals surface area contributed by atoms with Gasteiger partial charge in [0, 0.05) is 25.7 Å². The van der Waals surface area contributed by atoms with Gasteiger partial charge in [0.2, 0.25) is 0 Å². The third-order valence-corrected chi connectivity index (χ3v) is 8.59. The van der Waals surface area contributed by atoms with E-state index in [0.717, 1.165) is 24.3 Å². The zero-order valence-electron chi connectivity index (χ0n) is 15.4. The summed E-state index contributed by atoms with van der Waals surface area (Å²) in [4.78, 5) is 6.81. The maximum Gasteiger partial charge on any atom is 0.194 e. The van der Waals surface area contributed by atoms with Crippen molar-refractivity contribution in [2.24, 2.45) is 16.8 Å². The molecule has 138 valence electrons. The van der Waals surface area contributed by atoms with E-state index in [1.165, 1.54) is 38.5 Å². The van der Waals surface area contributed by atoms with Crippen LogP contribution in [0.25, 0.3) is 0 Å². The highest BCUT2D eigenvalue weighted by Gasteiger charge is 2.45. The number of rotatable bonds is 3. The number of nitrogens with zero attached hydrogens (tertiary/aromatic N) is 2. The standard InChI is InChI=1S/C18H33N3O2S/c1-4-19-17(21-10-11-24(22,23)18(2,3)13-21)20-16-12-15(16)14-8-6-5-7-9-14/h14-16H,4-13H2,1-3H3,(H,19,20). The van der Waals surface area contributed by atoms with Crippen molar-refractivity contribution in [3.8, 4) is 0 Å². The summed E-state index contributed by atoms with van der Waals surface area (Å²) in [6.45, 7) is 7.52. The average molecular weight is 356 g/mol. The van der Waals surface area contributed by atoms with Gasteiger partial charge in [0.1, 0.15) is 0 Å². The summed E-state index contributed by atoms with van der Waals surface area (Å²) in [5.74, 6) is 2.83. The summed E-state index contributed by atoms with van der Waals surface area (Å²) < 4.78 is 23.8. The van der Waals surface area contributed by atoms with Crippen molar-refractivity contribution in [3.63, 3.8) is 0 Å². The van der Waals surface area contributed by atoms with Gasteiger partial charge in [-0.2, -0.15) is 0 Å². The Kier molecular flexibility index (Phi) is 5.14. The van der Waals surface area contributed by atoms with E-state index in [0.29, 0.717) is 19.1 Å². The molecule has 2 aliphatic carbocycles. The maximum absolute atomic E-state index is 12.2. The normalized spacial score (nSPS) is 33.3. The molecule has 0 amide bonds. The van der Waals surface area contributed by atoms with E-state index in [9.17, 15) is 8.42 Å². The lowest BCUT2D eigenvalue weighted by Gasteiger charge is -2.39. The van der Waals surface area contributed by atoms with Crippen molar-refractivity contribution < 1.29 is 8.42 Å². The monoisotopic (exact) mass is 355 g/mol. The van der Waals surface area contributed by atoms with E-state index in [1.54, 1.807) is 0 Å². The van der Waals surface area contributed by atoms with Crippen molar-refractivity contribution in [2.45, 2.75) is 70.1 Å². The second-order valence-corrected chi connectivity index (χ2v) is 11.1. The first-order valence-corrected chi connectivity index (χ1v) is 11.3. The van der Waals surface area contributed by atoms with Crippen molar-refractivity contribution >= 4 is 15.8 Å². The van der Waals surface area contributed by atoms with Crippen LogP contribution < -0.4 is 5.32 Å². The third kappa shape index (κ3) is 3.73. The SMILES string of the molecule is CCN=C(NC1CC1C1CCCCC1)N1CCS(=O)(=O)C(C)(C)C1. The number of guanidine groups is 1. The molecule has 2 atom stereocenters. The summed E-state index contributed by atoms with van der Waals surface area (Å²) in [7, 11) is -3.01. The third-order valence-electron chi connectivity index (χ3n) is 6.06. The molecule has 0 aromatic rings. The van der Waals surface area contributed by atoms with Crippen LogP contribution in [0, 0.1) is 11.8 Å². The Balaban J connectivity index is 1.61. The molecule has 0 spiro atoms. The highest BCUT2D eigenvalue weighted by Crippen LogP contribution is 2.44. The second-order valence-electron chi connectivity index (χ2n) is 8.35. The first kappa shape index (κ1) is 18.0. The first-order chi connectivity index (χ1) is 11.3. The zero-order valence-corrected chi connectivity index (χ0v) is 16.2. The quantitative estimate of drug-likeness (QED) is 0.624. The summed E-state index contributed by atoms with van der Waals surface area (Å²) in [6.07, 6.45) is 8.21. The van der Waals surface area contributed by atoms with E-state index in [1.807, 2.05) is 20.8 Å². The molecule has 1 heterocycles. The minimum Gasteiger partial charge on any atom is -0.353 e. The fraction of sp³-hybridized carbons (Fsp3) is 0.944. The average Bonchev–Trinajstić information content (AvgIpc) is 3.30. The van der Waals surface area contributed by atoms with Crippen LogP contribution >= 0.6 is 0 Å². The van der Waals surface area contributed by atoms with Crippen LogP contribution in [0.5, 0.6) is 0 Å². The van der Waals surface area contributed by atoms with Gasteiger partial charge < -0.3 is 10.2 Å². The van der Waals surface area contributed by atoms with Gasteiger partial charge >= 0.3 is 0 Å². The second kappa shape index (κ2) is 6.85. The van der Waals surface area contributed by atoms with Crippen LogP contribution in [-0.4, -0.2) is 55.5 Å². The Morgan fingerprint density at radius 2 is 1.96 bits per heavy atom. The Labute approximate surface area is 147 Å². The summed E-state index contributed by atoms with van der Waals surface area (Å²) in [5, 5.41) is 3.66. The van der Waals surface area contributed by atoms with Gasteiger partial charge in [0.15, 0.2) is 15.8 Å². The minimum atomic E-state index is -3.01. The van der Waals surface area contributed by atoms with E-state index in [2.05, 4.69) is 15.2 Å². The molecule has 0 aromatic carbocycles. The van der Waals surface area contributed by atoms with Gasteiger partial charge in [0.25, 0.3) is 0 Å². The molecule has 3 rings (SSSR count). The fourth-order valence-corrected chi connectivity index (χ4v) is 5.71. The smallest absolute Gasteiger partial charge is 0.194 e. The number of sulfone groups is 1. The predicted octanol–water partition coefficient (Wildman–Crippen LogP) is 2.43. The zero-order chi connectivity index (χ0) is 17.4. The Bertz CT molecular complexity index is 579. The molecule has 1 N–H and O–H groups in total. The Hall–Kier alpha value is -0.780. The van der Waals surface area contributed by atoms with Gasteiger partial charge in [-0.15, -0.1) is 0 Å². The van der Waals surface area contributed by atoms with Crippen LogP contribution in [0.4, 0.5) is 0 Å². The van der Waals surface area contributed by atoms with E-state index < -0.39 is 14.6 Å². The summed E-state index contributed by atoms with van der Waals surface area (Å²) in [5.41, 5.74) is 0. The number of nitrogens with one attached hydrogen (secondary N) is 1. The predicted molar refractivity (Wildman–Crippen MR) is 99.0 cm³/mol. The van der Waals surface area contributed by atoms with E-state index in [-0.39, 0.29) is 5.75 Å². The van der Waals surface area contributed by atoms with Crippen LogP contribution in [0.1, 0.15) is 59.3 Å². The van der Waals surface area contributed by atoms with Crippen LogP contribution in [0.15, 0.2) is 4.99 Å². The van der Waals surface area contributed by atoms with Gasteiger partial charge in [-0.3, -0.25) is 4.99 Å². The van der Waals surface area contributed by atoms with Gasteiger partial charge in [-0.25, -0.2) is 8.42 Å². The van der Waals surface area contributed by atoms with Gasteiger partial charge in [-0.1, -0.05) is 32.1 Å². The molecular weight excluding hydrogens is 322 g/mol. The van der Waals surface area contributed by atoms with Gasteiger partial charge in [-0.05, 0) is 39.0 Å². The molecule has 1 aliphatic heterocycles. The van der Waals surface area contributed by atoms with E-state index >= 15 is 0 Å². The molecule has 0 bridgehead atoms. The molecule has 3 aliphatic rings. The molecule has 3 fully saturated rings. The fourth-order valence-electron chi connectivity index (χ4n) is 4.34. The molecule has 5 nitrogen and oxygen atoms in total. The molecular formula is C18H33N3O2S. The number of aliphatic imine (C=N–C) groups is 1. The largest absolute Gasteiger partial charge is 0.353 e. The van der Waals surface area contributed by atoms with E-state index in [4.69, 9.17) is 0 Å². The number of hydrogen-bond donors (Lipinski definition) is 1. The highest BCUT2D eigenvalue weighted by molar-refractivity contribution is 7.92. The highest BCUT2D eigenvalue weighted by atomic mass is 32.2. The molecule has 1 saturated heterocycles. The topological polar surface area (TPSA) is 61.8 Å². The van der Waals surface area contributed by atoms with Crippen molar-refractivity contribution in [3.05, 3.63) is 0 Å². The molecule has 2 saturated carbocycles. The van der Waals surface area contributed by atoms with Crippen LogP contribution in [-0.2, 0) is 9.84 Å². The van der Waals surface area contributed by atoms with Crippen molar-refractivity contribution in [2.75, 3.05) is 25.4 Å². The number of hydrogen-bond acceptors (Lipinski definition) is 3. The molecule has 24 heavy (non-hydrogen) atoms. The molecule has 0 aromatic heterocycles.